The van der Waals surface area contributed by atoms with Crippen molar-refractivity contribution in [3.8, 4) is 0 Å². The van der Waals surface area contributed by atoms with E-state index in [4.69, 9.17) is 56.8 Å². The Labute approximate surface area is 607 Å². The van der Waals surface area contributed by atoms with Gasteiger partial charge in [0.2, 0.25) is 11.8 Å². The molecule has 580 valence electrons. The number of carbonyl (C=O) groups is 14. The zero-order valence-corrected chi connectivity index (χ0v) is 59.8. The second-order valence-corrected chi connectivity index (χ2v) is 22.2. The molecule has 0 aromatic heterocycles. The van der Waals surface area contributed by atoms with Crippen molar-refractivity contribution in [1.29, 1.82) is 0 Å². The summed E-state index contributed by atoms with van der Waals surface area (Å²) < 4.78 is 62.9. The van der Waals surface area contributed by atoms with Gasteiger partial charge in [-0.2, -0.15) is 0 Å². The van der Waals surface area contributed by atoms with E-state index in [1.165, 1.54) is 0 Å². The Morgan fingerprint density at radius 1 is 0.212 bits per heavy atom. The molecule has 0 bridgehead atoms. The molecule has 0 N–H and O–H groups in total. The number of amides is 2. The van der Waals surface area contributed by atoms with Crippen LogP contribution in [0.15, 0.2) is 101 Å². The summed E-state index contributed by atoms with van der Waals surface area (Å²) in [6.07, 6.45) is 7.65. The summed E-state index contributed by atoms with van der Waals surface area (Å²) in [6.45, 7) is 29.8. The van der Waals surface area contributed by atoms with Crippen LogP contribution in [0.2, 0.25) is 0 Å². The van der Waals surface area contributed by atoms with Gasteiger partial charge >= 0.3 is 71.6 Å². The van der Waals surface area contributed by atoms with Gasteiger partial charge < -0.3 is 66.6 Å². The lowest BCUT2D eigenvalue weighted by Crippen LogP contribution is -2.51. The molecular formula is C70H104N8O26. The normalized spacial score (nSPS) is 11.7. The Hall–Kier alpha value is -9.74. The molecule has 0 radical (unpaired) electrons. The molecule has 104 heavy (non-hydrogen) atoms. The smallest absolute Gasteiger partial charge is 0.330 e. The number of hydrogen-bond acceptors (Lipinski definition) is 32. The van der Waals surface area contributed by atoms with Crippen molar-refractivity contribution in [1.82, 2.24) is 39.2 Å². The molecule has 1 rings (SSSR count). The number of esters is 12. The predicted octanol–water partition coefficient (Wildman–Crippen LogP) is -0.184. The maximum Gasteiger partial charge on any atom is 0.330 e. The maximum atomic E-state index is 13.8. The highest BCUT2D eigenvalue weighted by molar-refractivity contribution is 5.84. The van der Waals surface area contributed by atoms with Crippen LogP contribution in [0.4, 0.5) is 0 Å². The van der Waals surface area contributed by atoms with E-state index in [9.17, 15) is 67.1 Å². The summed E-state index contributed by atoms with van der Waals surface area (Å²) in [5, 5.41) is 0. The average molecular weight is 1470 g/mol. The average Bonchev–Trinajstić information content (AvgIpc) is 0.872. The minimum atomic E-state index is -0.640. The van der Waals surface area contributed by atoms with Crippen LogP contribution in [0.1, 0.15) is 38.5 Å². The van der Waals surface area contributed by atoms with Gasteiger partial charge in [0.1, 0.15) is 79.3 Å². The first kappa shape index (κ1) is 92.3. The standard InChI is InChI=1S/C70H104N8O26/c1-9-59(81)93-45-33-73(34-46-94-60(82)10-2)25-19-67(89)101-53-41-71(42-54-102-68(90)20-26-74(35-47-95-61(83)11-3)36-48-96-62(84)12-4)23-17-57(79)77-29-31-78(32-30-77)58(80)18-24-72(43-55-103-69(91)21-27-75(37-49-97-63(85)13-5)38-50-98-64(86)14-6)44-56-104-70(92)22-28-76(39-51-99-65(87)15-7)40-52-100-66(88)16-8/h9-16H,1-8,17-56H2. The highest BCUT2D eigenvalue weighted by atomic mass is 16.6. The van der Waals surface area contributed by atoms with Crippen LogP contribution in [-0.4, -0.2) is 346 Å². The van der Waals surface area contributed by atoms with Crippen LogP contribution in [-0.2, 0) is 124 Å². The minimum Gasteiger partial charge on any atom is -0.464 e. The van der Waals surface area contributed by atoms with Crippen LogP contribution in [0.5, 0.6) is 0 Å². The number of hydrogen-bond donors (Lipinski definition) is 0. The van der Waals surface area contributed by atoms with Gasteiger partial charge in [-0.15, -0.1) is 0 Å². The molecule has 2 amide bonds. The monoisotopic (exact) mass is 1470 g/mol. The Kier molecular flexibility index (Phi) is 52.1. The quantitative estimate of drug-likeness (QED) is 0.0433. The van der Waals surface area contributed by atoms with Gasteiger partial charge in [-0.05, 0) is 0 Å². The molecule has 0 aromatic carbocycles. The van der Waals surface area contributed by atoms with E-state index < -0.39 is 71.6 Å². The zero-order chi connectivity index (χ0) is 77.1. The van der Waals surface area contributed by atoms with E-state index in [-0.39, 0.29) is 274 Å². The lowest BCUT2D eigenvalue weighted by atomic mass is 10.2. The van der Waals surface area contributed by atoms with Crippen LogP contribution in [0.3, 0.4) is 0 Å². The van der Waals surface area contributed by atoms with Crippen LogP contribution in [0, 0.1) is 0 Å². The fraction of sp³-hybridized carbons (Fsp3) is 0.571. The third-order valence-electron chi connectivity index (χ3n) is 15.0. The second kappa shape index (κ2) is 58.7. The molecule has 0 aliphatic carbocycles. The highest BCUT2D eigenvalue weighted by Gasteiger charge is 2.26. The van der Waals surface area contributed by atoms with Crippen molar-refractivity contribution in [2.45, 2.75) is 38.5 Å². The van der Waals surface area contributed by atoms with E-state index in [0.29, 0.717) is 0 Å². The third-order valence-corrected chi connectivity index (χ3v) is 15.0. The van der Waals surface area contributed by atoms with Crippen molar-refractivity contribution >= 4 is 83.4 Å². The van der Waals surface area contributed by atoms with Crippen LogP contribution >= 0.6 is 0 Å². The molecule has 1 fully saturated rings. The van der Waals surface area contributed by atoms with Gasteiger partial charge in [0.15, 0.2) is 0 Å². The first-order valence-corrected chi connectivity index (χ1v) is 33.9. The number of carbonyl (C=O) groups excluding carboxylic acids is 14. The Morgan fingerprint density at radius 3 is 0.490 bits per heavy atom. The Morgan fingerprint density at radius 2 is 0.346 bits per heavy atom. The second-order valence-electron chi connectivity index (χ2n) is 22.2. The van der Waals surface area contributed by atoms with Gasteiger partial charge in [-0.1, -0.05) is 52.6 Å². The van der Waals surface area contributed by atoms with Crippen molar-refractivity contribution in [3.05, 3.63) is 101 Å². The van der Waals surface area contributed by atoms with Gasteiger partial charge in [0, 0.05) is 205 Å². The van der Waals surface area contributed by atoms with Crippen molar-refractivity contribution in [2.75, 3.05) is 223 Å². The number of nitrogens with zero attached hydrogens (tertiary/aromatic N) is 8. The SMILES string of the molecule is C=CC(=O)OCCN(CCOC(=O)C=C)CCC(=O)OCCN(CCOC(=O)CCN(CCOC(=O)C=C)CCOC(=O)C=C)CCC(=O)N1CCN(C(=O)CCN(CCOC(=O)CCN(CCOC(=O)C=C)CCOC(=O)C=C)CCOC(=O)CCN(CCOC(=O)C=C)CCOC(=O)C=C)CC1. The molecule has 0 atom stereocenters. The van der Waals surface area contributed by atoms with Crippen molar-refractivity contribution in [2.24, 2.45) is 0 Å². The minimum absolute atomic E-state index is 0.0129. The summed E-state index contributed by atoms with van der Waals surface area (Å²) in [6, 6.07) is 0. The number of ether oxygens (including phenoxy) is 12. The van der Waals surface area contributed by atoms with E-state index in [2.05, 4.69) is 52.6 Å². The molecule has 1 heterocycles. The fourth-order valence-electron chi connectivity index (χ4n) is 9.16. The summed E-state index contributed by atoms with van der Waals surface area (Å²) in [5.74, 6) is -7.94. The van der Waals surface area contributed by atoms with Gasteiger partial charge in [-0.25, -0.2) is 38.4 Å². The molecule has 1 aliphatic rings. The topological polar surface area (TPSA) is 376 Å². The van der Waals surface area contributed by atoms with Crippen molar-refractivity contribution in [3.63, 3.8) is 0 Å². The molecule has 0 unspecified atom stereocenters. The molecule has 34 nitrogen and oxygen atoms in total. The number of piperazine rings is 1. The van der Waals surface area contributed by atoms with Crippen LogP contribution in [0.25, 0.3) is 0 Å². The van der Waals surface area contributed by atoms with Gasteiger partial charge in [-0.3, -0.25) is 58.2 Å². The van der Waals surface area contributed by atoms with E-state index in [1.54, 1.807) is 39.2 Å². The van der Waals surface area contributed by atoms with Crippen LogP contribution < -0.4 is 0 Å². The molecule has 34 heteroatoms. The third kappa shape index (κ3) is 48.2. The van der Waals surface area contributed by atoms with Gasteiger partial charge in [0.05, 0.1) is 25.7 Å². The molecular weight excluding hydrogens is 1370 g/mol. The maximum absolute atomic E-state index is 13.8. The fourth-order valence-corrected chi connectivity index (χ4v) is 9.16. The molecule has 0 saturated carbocycles. The first-order chi connectivity index (χ1) is 50.0. The Balaban J connectivity index is 3.18. The zero-order valence-electron chi connectivity index (χ0n) is 59.8. The highest BCUT2D eigenvalue weighted by Crippen LogP contribution is 2.10. The summed E-state index contributed by atoms with van der Waals surface area (Å²) >= 11 is 0. The van der Waals surface area contributed by atoms with E-state index in [0.717, 1.165) is 48.6 Å². The molecule has 0 aromatic rings. The molecule has 1 aliphatic heterocycles. The molecule has 1 saturated heterocycles. The predicted molar refractivity (Wildman–Crippen MR) is 373 cm³/mol. The summed E-state index contributed by atoms with van der Waals surface area (Å²) in [5.41, 5.74) is 0. The largest absolute Gasteiger partial charge is 0.464 e. The van der Waals surface area contributed by atoms with E-state index in [1.807, 2.05) is 0 Å². The van der Waals surface area contributed by atoms with Crippen molar-refractivity contribution < 1.29 is 124 Å². The molecule has 0 spiro atoms. The van der Waals surface area contributed by atoms with Gasteiger partial charge in [0.25, 0.3) is 0 Å². The summed E-state index contributed by atoms with van der Waals surface area (Å²) in [7, 11) is 0. The lowest BCUT2D eigenvalue weighted by molar-refractivity contribution is -0.147. The lowest BCUT2D eigenvalue weighted by Gasteiger charge is -2.35. The summed E-state index contributed by atoms with van der Waals surface area (Å²) in [4.78, 5) is 187. The van der Waals surface area contributed by atoms with E-state index >= 15 is 0 Å². The number of rotatable bonds is 62. The first-order valence-electron chi connectivity index (χ1n) is 33.9. The Bertz CT molecular complexity index is 2370.